The zero-order chi connectivity index (χ0) is 15.0. The maximum atomic E-state index is 9.26. The van der Waals surface area contributed by atoms with Gasteiger partial charge in [0.25, 0.3) is 0 Å². The van der Waals surface area contributed by atoms with E-state index in [-0.39, 0.29) is 0 Å². The first-order chi connectivity index (χ1) is 10.1. The molecule has 0 amide bonds. The summed E-state index contributed by atoms with van der Waals surface area (Å²) in [6.45, 7) is 4.00. The summed E-state index contributed by atoms with van der Waals surface area (Å²) in [6.07, 6.45) is 3.92. The normalized spacial score (nSPS) is 11.3. The highest BCUT2D eigenvalue weighted by molar-refractivity contribution is 7.16. The summed E-state index contributed by atoms with van der Waals surface area (Å²) in [5.41, 5.74) is 3.97. The van der Waals surface area contributed by atoms with Crippen LogP contribution in [0.1, 0.15) is 21.6 Å². The van der Waals surface area contributed by atoms with Crippen molar-refractivity contribution in [3.63, 3.8) is 0 Å². The number of aryl methyl sites for hydroxylation is 2. The number of thiophene rings is 1. The molecule has 1 aromatic carbocycles. The van der Waals surface area contributed by atoms with Crippen molar-refractivity contribution in [1.82, 2.24) is 4.57 Å². The van der Waals surface area contributed by atoms with Crippen LogP contribution in [0.3, 0.4) is 0 Å². The minimum Gasteiger partial charge on any atom is -0.350 e. The van der Waals surface area contributed by atoms with E-state index in [2.05, 4.69) is 34.0 Å². The van der Waals surface area contributed by atoms with Gasteiger partial charge < -0.3 is 4.57 Å². The van der Waals surface area contributed by atoms with Gasteiger partial charge in [0, 0.05) is 40.8 Å². The van der Waals surface area contributed by atoms with E-state index in [0.29, 0.717) is 5.56 Å². The highest BCUT2D eigenvalue weighted by Gasteiger charge is 2.11. The third-order valence-corrected chi connectivity index (χ3v) is 4.84. The Kier molecular flexibility index (Phi) is 3.36. The van der Waals surface area contributed by atoms with E-state index in [4.69, 9.17) is 0 Å². The molecule has 104 valence electrons. The summed E-state index contributed by atoms with van der Waals surface area (Å²) in [5, 5.41) is 11.2. The molecule has 0 aliphatic heterocycles. The highest BCUT2D eigenvalue weighted by Crippen LogP contribution is 2.34. The van der Waals surface area contributed by atoms with Crippen LogP contribution in [0.25, 0.3) is 10.9 Å². The Morgan fingerprint density at radius 1 is 1.29 bits per heavy atom. The lowest BCUT2D eigenvalue weighted by atomic mass is 10.2. The molecule has 0 aliphatic carbocycles. The molecule has 3 nitrogen and oxygen atoms in total. The average molecular weight is 293 g/mol. The topological polar surface area (TPSA) is 41.1 Å². The molecule has 0 N–H and O–H groups in total. The van der Waals surface area contributed by atoms with Crippen LogP contribution in [0.4, 0.5) is 5.00 Å². The fourth-order valence-electron chi connectivity index (χ4n) is 2.44. The van der Waals surface area contributed by atoms with E-state index in [9.17, 15) is 5.26 Å². The molecular weight excluding hydrogens is 278 g/mol. The van der Waals surface area contributed by atoms with Crippen molar-refractivity contribution in [2.24, 2.45) is 12.0 Å². The Hall–Kier alpha value is -2.38. The number of benzene rings is 1. The van der Waals surface area contributed by atoms with E-state index < -0.39 is 0 Å². The minimum absolute atomic E-state index is 0.689. The van der Waals surface area contributed by atoms with Crippen molar-refractivity contribution >= 4 is 33.5 Å². The van der Waals surface area contributed by atoms with E-state index in [1.807, 2.05) is 39.2 Å². The standard InChI is InChI=1S/C17H15N3S/c1-11-12(2)21-17(15(11)8-18)19-9-13-10-20(3)16-7-5-4-6-14(13)16/h4-7,9-10H,1-3H3/b19-9+. The summed E-state index contributed by atoms with van der Waals surface area (Å²) in [4.78, 5) is 5.70. The van der Waals surface area contributed by atoms with Crippen LogP contribution in [-0.2, 0) is 7.05 Å². The molecule has 0 radical (unpaired) electrons. The van der Waals surface area contributed by atoms with E-state index in [0.717, 1.165) is 21.0 Å². The molecule has 0 spiro atoms. The average Bonchev–Trinajstić information content (AvgIpc) is 2.95. The number of hydrogen-bond acceptors (Lipinski definition) is 3. The van der Waals surface area contributed by atoms with Gasteiger partial charge in [0.2, 0.25) is 0 Å². The number of aliphatic imine (C=N–C) groups is 1. The first kappa shape index (κ1) is 13.6. The van der Waals surface area contributed by atoms with Gasteiger partial charge in [-0.25, -0.2) is 4.99 Å². The lowest BCUT2D eigenvalue weighted by Crippen LogP contribution is -1.82. The van der Waals surface area contributed by atoms with Crippen LogP contribution in [0.15, 0.2) is 35.5 Å². The summed E-state index contributed by atoms with van der Waals surface area (Å²) >= 11 is 1.57. The van der Waals surface area contributed by atoms with Gasteiger partial charge in [0.05, 0.1) is 5.56 Å². The number of rotatable bonds is 2. The quantitative estimate of drug-likeness (QED) is 0.642. The van der Waals surface area contributed by atoms with Crippen LogP contribution >= 0.6 is 11.3 Å². The monoisotopic (exact) mass is 293 g/mol. The number of aromatic nitrogens is 1. The Morgan fingerprint density at radius 3 is 2.81 bits per heavy atom. The molecule has 0 aliphatic rings. The van der Waals surface area contributed by atoms with Crippen LogP contribution in [0, 0.1) is 25.2 Å². The molecule has 3 rings (SSSR count). The molecule has 3 aromatic rings. The van der Waals surface area contributed by atoms with Gasteiger partial charge in [0.15, 0.2) is 0 Å². The van der Waals surface area contributed by atoms with Gasteiger partial charge in [-0.05, 0) is 25.5 Å². The lowest BCUT2D eigenvalue weighted by Gasteiger charge is -1.93. The van der Waals surface area contributed by atoms with Crippen molar-refractivity contribution in [1.29, 1.82) is 5.26 Å². The van der Waals surface area contributed by atoms with Gasteiger partial charge in [-0.3, -0.25) is 0 Å². The summed E-state index contributed by atoms with van der Waals surface area (Å²) in [7, 11) is 2.03. The van der Waals surface area contributed by atoms with Gasteiger partial charge in [-0.2, -0.15) is 5.26 Å². The number of fused-ring (bicyclic) bond motifs is 1. The smallest absolute Gasteiger partial charge is 0.134 e. The molecular formula is C17H15N3S. The maximum absolute atomic E-state index is 9.26. The molecule has 2 heterocycles. The third-order valence-electron chi connectivity index (χ3n) is 3.73. The summed E-state index contributed by atoms with van der Waals surface area (Å²) in [6, 6.07) is 10.5. The van der Waals surface area contributed by atoms with Crippen molar-refractivity contribution < 1.29 is 0 Å². The predicted octanol–water partition coefficient (Wildman–Crippen LogP) is 4.48. The second kappa shape index (κ2) is 5.19. The molecule has 0 saturated heterocycles. The van der Waals surface area contributed by atoms with Crippen LogP contribution in [0.5, 0.6) is 0 Å². The highest BCUT2D eigenvalue weighted by atomic mass is 32.1. The first-order valence-electron chi connectivity index (χ1n) is 6.70. The van der Waals surface area contributed by atoms with Crippen molar-refractivity contribution in [2.75, 3.05) is 0 Å². The third kappa shape index (κ3) is 2.26. The Balaban J connectivity index is 2.07. The lowest BCUT2D eigenvalue weighted by molar-refractivity contribution is 0.968. The van der Waals surface area contributed by atoms with Gasteiger partial charge >= 0.3 is 0 Å². The molecule has 0 atom stereocenters. The van der Waals surface area contributed by atoms with Gasteiger partial charge in [-0.15, -0.1) is 11.3 Å². The van der Waals surface area contributed by atoms with Crippen LogP contribution < -0.4 is 0 Å². The number of hydrogen-bond donors (Lipinski definition) is 0. The Labute approximate surface area is 127 Å². The number of para-hydroxylation sites is 1. The number of nitriles is 1. The Morgan fingerprint density at radius 2 is 2.05 bits per heavy atom. The van der Waals surface area contributed by atoms with Crippen LogP contribution in [-0.4, -0.2) is 10.8 Å². The van der Waals surface area contributed by atoms with Gasteiger partial charge in [-0.1, -0.05) is 18.2 Å². The van der Waals surface area contributed by atoms with E-state index >= 15 is 0 Å². The molecule has 2 aromatic heterocycles. The molecule has 0 fully saturated rings. The van der Waals surface area contributed by atoms with Crippen molar-refractivity contribution in [3.05, 3.63) is 52.0 Å². The Bertz CT molecular complexity index is 891. The fourth-order valence-corrected chi connectivity index (χ4v) is 3.39. The molecule has 0 saturated carbocycles. The fraction of sp³-hybridized carbons (Fsp3) is 0.176. The molecule has 21 heavy (non-hydrogen) atoms. The molecule has 0 bridgehead atoms. The van der Waals surface area contributed by atoms with Crippen molar-refractivity contribution in [2.45, 2.75) is 13.8 Å². The summed E-state index contributed by atoms with van der Waals surface area (Å²) in [5.74, 6) is 0. The predicted molar refractivity (Wildman–Crippen MR) is 88.7 cm³/mol. The van der Waals surface area contributed by atoms with Gasteiger partial charge in [0.1, 0.15) is 11.1 Å². The second-order valence-electron chi connectivity index (χ2n) is 5.05. The first-order valence-corrected chi connectivity index (χ1v) is 7.51. The number of nitrogens with zero attached hydrogens (tertiary/aromatic N) is 3. The molecule has 4 heteroatoms. The van der Waals surface area contributed by atoms with Crippen LogP contribution in [0.2, 0.25) is 0 Å². The van der Waals surface area contributed by atoms with E-state index in [1.54, 1.807) is 11.3 Å². The minimum atomic E-state index is 0.689. The zero-order valence-corrected chi connectivity index (χ0v) is 13.0. The second-order valence-corrected chi connectivity index (χ2v) is 6.25. The maximum Gasteiger partial charge on any atom is 0.134 e. The zero-order valence-electron chi connectivity index (χ0n) is 12.2. The molecule has 0 unspecified atom stereocenters. The van der Waals surface area contributed by atoms with Crippen molar-refractivity contribution in [3.8, 4) is 6.07 Å². The largest absolute Gasteiger partial charge is 0.350 e. The SMILES string of the molecule is Cc1sc(/N=C/c2cn(C)c3ccccc23)c(C#N)c1C. The van der Waals surface area contributed by atoms with E-state index in [1.165, 1.54) is 10.9 Å². The summed E-state index contributed by atoms with van der Waals surface area (Å²) < 4.78 is 2.09.